The molecule has 1 unspecified atom stereocenters. The first-order chi connectivity index (χ1) is 10.3. The maximum Gasteiger partial charge on any atom is 0.124 e. The molecule has 1 saturated carbocycles. The van der Waals surface area contributed by atoms with Crippen LogP contribution in [-0.4, -0.2) is 40.1 Å². The van der Waals surface area contributed by atoms with Gasteiger partial charge in [0.25, 0.3) is 0 Å². The third-order valence-electron chi connectivity index (χ3n) is 4.45. The first-order valence-electron chi connectivity index (χ1n) is 7.70. The van der Waals surface area contributed by atoms with Crippen molar-refractivity contribution >= 4 is 0 Å². The molecule has 118 valence electrons. The Bertz CT molecular complexity index is 430. The highest BCUT2D eigenvalue weighted by atomic mass is 16.5. The van der Waals surface area contributed by atoms with Crippen molar-refractivity contribution in [2.45, 2.75) is 37.3 Å². The first kappa shape index (κ1) is 16.3. The predicted molar refractivity (Wildman–Crippen MR) is 83.8 cm³/mol. The van der Waals surface area contributed by atoms with E-state index in [1.54, 1.807) is 7.11 Å². The third kappa shape index (κ3) is 3.57. The molecule has 4 nitrogen and oxygen atoms in total. The minimum Gasteiger partial charge on any atom is -0.491 e. The van der Waals surface area contributed by atoms with Crippen LogP contribution >= 0.6 is 0 Å². The van der Waals surface area contributed by atoms with Gasteiger partial charge in [0.15, 0.2) is 0 Å². The zero-order valence-corrected chi connectivity index (χ0v) is 13.4. The van der Waals surface area contributed by atoms with Crippen LogP contribution in [0, 0.1) is 0 Å². The third-order valence-corrected chi connectivity index (χ3v) is 4.45. The average Bonchev–Trinajstić information content (AvgIpc) is 3.00. The van der Waals surface area contributed by atoms with Crippen molar-refractivity contribution in [2.75, 3.05) is 34.5 Å². The highest BCUT2D eigenvalue weighted by Crippen LogP contribution is 2.44. The van der Waals surface area contributed by atoms with Gasteiger partial charge in [-0.2, -0.15) is 0 Å². The Labute approximate surface area is 127 Å². The van der Waals surface area contributed by atoms with E-state index in [2.05, 4.69) is 17.4 Å². The van der Waals surface area contributed by atoms with E-state index < -0.39 is 0 Å². The van der Waals surface area contributed by atoms with Gasteiger partial charge in [-0.05, 0) is 26.0 Å². The van der Waals surface area contributed by atoms with Gasteiger partial charge in [0.05, 0.1) is 18.2 Å². The molecule has 1 aromatic carbocycles. The molecule has 1 aliphatic rings. The Kier molecular flexibility index (Phi) is 6.03. The number of benzene rings is 1. The minimum absolute atomic E-state index is 0.129. The van der Waals surface area contributed by atoms with Crippen molar-refractivity contribution in [3.05, 3.63) is 29.8 Å². The number of hydrogen-bond acceptors (Lipinski definition) is 4. The van der Waals surface area contributed by atoms with Crippen LogP contribution in [0.5, 0.6) is 5.75 Å². The first-order valence-corrected chi connectivity index (χ1v) is 7.70. The topological polar surface area (TPSA) is 39.7 Å². The number of likely N-dealkylation sites (N-methyl/N-ethyl adjacent to an activating group) is 1. The second kappa shape index (κ2) is 7.78. The second-order valence-electron chi connectivity index (χ2n) is 5.58. The maximum atomic E-state index is 5.94. The van der Waals surface area contributed by atoms with E-state index in [9.17, 15) is 0 Å². The molecule has 0 saturated heterocycles. The molecule has 1 fully saturated rings. The van der Waals surface area contributed by atoms with E-state index in [1.807, 2.05) is 26.3 Å². The van der Waals surface area contributed by atoms with Gasteiger partial charge in [-0.25, -0.2) is 0 Å². The van der Waals surface area contributed by atoms with Gasteiger partial charge in [-0.1, -0.05) is 31.0 Å². The van der Waals surface area contributed by atoms with Crippen molar-refractivity contribution in [3.8, 4) is 5.75 Å². The molecular weight excluding hydrogens is 266 g/mol. The Morgan fingerprint density at radius 2 is 1.86 bits per heavy atom. The molecule has 1 N–H and O–H groups in total. The number of hydrogen-bond donors (Lipinski definition) is 1. The standard InChI is InChI=1S/C17H27NO3/c1-18-16(17(20-3)10-6-7-11-17)14-8-4-5-9-15(14)21-13-12-19-2/h4-5,8-9,16,18H,6-7,10-13H2,1-3H3. The fraction of sp³-hybridized carbons (Fsp3) is 0.647. The lowest BCUT2D eigenvalue weighted by Crippen LogP contribution is -2.42. The van der Waals surface area contributed by atoms with Crippen molar-refractivity contribution in [1.29, 1.82) is 0 Å². The zero-order chi connectivity index (χ0) is 15.1. The van der Waals surface area contributed by atoms with Gasteiger partial charge in [0.2, 0.25) is 0 Å². The summed E-state index contributed by atoms with van der Waals surface area (Å²) < 4.78 is 16.9. The van der Waals surface area contributed by atoms with Crippen molar-refractivity contribution in [1.82, 2.24) is 5.32 Å². The van der Waals surface area contributed by atoms with E-state index in [1.165, 1.54) is 18.4 Å². The highest BCUT2D eigenvalue weighted by molar-refractivity contribution is 5.38. The van der Waals surface area contributed by atoms with Crippen LogP contribution < -0.4 is 10.1 Å². The molecule has 1 atom stereocenters. The molecule has 0 heterocycles. The monoisotopic (exact) mass is 293 g/mol. The molecule has 2 rings (SSSR count). The molecule has 4 heteroatoms. The molecule has 0 bridgehead atoms. The van der Waals surface area contributed by atoms with Gasteiger partial charge in [0, 0.05) is 19.8 Å². The number of methoxy groups -OCH3 is 2. The maximum absolute atomic E-state index is 5.94. The zero-order valence-electron chi connectivity index (χ0n) is 13.4. The summed E-state index contributed by atoms with van der Waals surface area (Å²) in [4.78, 5) is 0. The van der Waals surface area contributed by atoms with Crippen LogP contribution in [0.3, 0.4) is 0 Å². The van der Waals surface area contributed by atoms with Crippen LogP contribution in [0.1, 0.15) is 37.3 Å². The Morgan fingerprint density at radius 1 is 1.14 bits per heavy atom. The lowest BCUT2D eigenvalue weighted by atomic mass is 9.86. The smallest absolute Gasteiger partial charge is 0.124 e. The fourth-order valence-electron chi connectivity index (χ4n) is 3.37. The van der Waals surface area contributed by atoms with Gasteiger partial charge < -0.3 is 19.5 Å². The van der Waals surface area contributed by atoms with Crippen molar-refractivity contribution in [2.24, 2.45) is 0 Å². The van der Waals surface area contributed by atoms with Crippen LogP contribution in [0.25, 0.3) is 0 Å². The summed E-state index contributed by atoms with van der Waals surface area (Å²) in [5.41, 5.74) is 1.04. The summed E-state index contributed by atoms with van der Waals surface area (Å²) in [6, 6.07) is 8.35. The van der Waals surface area contributed by atoms with Gasteiger partial charge in [-0.3, -0.25) is 0 Å². The Hall–Kier alpha value is -1.10. The average molecular weight is 293 g/mol. The number of ether oxygens (including phenoxy) is 3. The molecule has 1 aliphatic carbocycles. The van der Waals surface area contributed by atoms with E-state index in [0.717, 1.165) is 18.6 Å². The number of para-hydroxylation sites is 1. The van der Waals surface area contributed by atoms with Gasteiger partial charge in [0.1, 0.15) is 12.4 Å². The summed E-state index contributed by atoms with van der Waals surface area (Å²) in [6.07, 6.45) is 4.61. The molecule has 0 aromatic heterocycles. The summed E-state index contributed by atoms with van der Waals surface area (Å²) in [5, 5.41) is 3.45. The molecule has 0 amide bonds. The lowest BCUT2D eigenvalue weighted by molar-refractivity contribution is -0.0355. The van der Waals surface area contributed by atoms with Crippen LogP contribution in [0.4, 0.5) is 0 Å². The SMILES string of the molecule is CNC(c1ccccc1OCCOC)C1(OC)CCCC1. The van der Waals surface area contributed by atoms with Gasteiger partial charge in [-0.15, -0.1) is 0 Å². The van der Waals surface area contributed by atoms with Crippen molar-refractivity contribution in [3.63, 3.8) is 0 Å². The molecule has 21 heavy (non-hydrogen) atoms. The molecule has 0 aliphatic heterocycles. The fourth-order valence-corrected chi connectivity index (χ4v) is 3.37. The molecule has 1 aromatic rings. The van der Waals surface area contributed by atoms with Crippen LogP contribution in [0.2, 0.25) is 0 Å². The summed E-state index contributed by atoms with van der Waals surface area (Å²) in [5.74, 6) is 0.914. The summed E-state index contributed by atoms with van der Waals surface area (Å²) >= 11 is 0. The Balaban J connectivity index is 2.25. The quantitative estimate of drug-likeness (QED) is 0.748. The van der Waals surface area contributed by atoms with Crippen LogP contribution in [0.15, 0.2) is 24.3 Å². The highest BCUT2D eigenvalue weighted by Gasteiger charge is 2.42. The second-order valence-corrected chi connectivity index (χ2v) is 5.58. The lowest BCUT2D eigenvalue weighted by Gasteiger charge is -2.37. The van der Waals surface area contributed by atoms with Crippen LogP contribution in [-0.2, 0) is 9.47 Å². The normalized spacial score (nSPS) is 18.6. The largest absolute Gasteiger partial charge is 0.491 e. The summed E-state index contributed by atoms with van der Waals surface area (Å²) in [6.45, 7) is 1.15. The van der Waals surface area contributed by atoms with E-state index in [-0.39, 0.29) is 11.6 Å². The minimum atomic E-state index is -0.129. The van der Waals surface area contributed by atoms with E-state index in [0.29, 0.717) is 13.2 Å². The van der Waals surface area contributed by atoms with Crippen molar-refractivity contribution < 1.29 is 14.2 Å². The molecule has 0 radical (unpaired) electrons. The Morgan fingerprint density at radius 3 is 2.48 bits per heavy atom. The molecule has 0 spiro atoms. The number of nitrogens with one attached hydrogen (secondary N) is 1. The molecular formula is C17H27NO3. The van der Waals surface area contributed by atoms with Gasteiger partial charge >= 0.3 is 0 Å². The summed E-state index contributed by atoms with van der Waals surface area (Å²) in [7, 11) is 5.50. The number of rotatable bonds is 8. The predicted octanol–water partition coefficient (Wildman–Crippen LogP) is 2.93. The van der Waals surface area contributed by atoms with E-state index >= 15 is 0 Å². The van der Waals surface area contributed by atoms with E-state index in [4.69, 9.17) is 14.2 Å².